The van der Waals surface area contributed by atoms with Crippen molar-refractivity contribution < 1.29 is 4.39 Å². The topological polar surface area (TPSA) is 43.8 Å². The van der Waals surface area contributed by atoms with Gasteiger partial charge in [-0.05, 0) is 31.5 Å². The predicted octanol–water partition coefficient (Wildman–Crippen LogP) is 2.34. The minimum atomic E-state index is -0.264. The van der Waals surface area contributed by atoms with E-state index in [0.29, 0.717) is 5.69 Å². The molecule has 1 unspecified atom stereocenters. The maximum atomic E-state index is 13.8. The van der Waals surface area contributed by atoms with Crippen LogP contribution < -0.4 is 5.73 Å². The molecule has 2 rings (SSSR count). The van der Waals surface area contributed by atoms with Crippen molar-refractivity contribution in [1.29, 1.82) is 0 Å². The van der Waals surface area contributed by atoms with Crippen LogP contribution in [0.25, 0.3) is 5.69 Å². The van der Waals surface area contributed by atoms with Gasteiger partial charge in [-0.1, -0.05) is 6.07 Å². The SMILES string of the molecule is Cc1ccc(-n2cncc2C(C)N)c(F)c1. The molecule has 3 nitrogen and oxygen atoms in total. The summed E-state index contributed by atoms with van der Waals surface area (Å²) in [6.45, 7) is 3.70. The Hall–Kier alpha value is -1.68. The lowest BCUT2D eigenvalue weighted by Crippen LogP contribution is -2.11. The highest BCUT2D eigenvalue weighted by Gasteiger charge is 2.11. The lowest BCUT2D eigenvalue weighted by molar-refractivity contribution is 0.611. The fraction of sp³-hybridized carbons (Fsp3) is 0.250. The monoisotopic (exact) mass is 219 g/mol. The van der Waals surface area contributed by atoms with Gasteiger partial charge in [0.2, 0.25) is 0 Å². The first-order valence-corrected chi connectivity index (χ1v) is 5.14. The van der Waals surface area contributed by atoms with Crippen LogP contribution in [-0.2, 0) is 0 Å². The first-order valence-electron chi connectivity index (χ1n) is 5.14. The van der Waals surface area contributed by atoms with E-state index in [9.17, 15) is 4.39 Å². The van der Waals surface area contributed by atoms with Crippen molar-refractivity contribution >= 4 is 0 Å². The number of hydrogen-bond acceptors (Lipinski definition) is 2. The maximum absolute atomic E-state index is 13.8. The van der Waals surface area contributed by atoms with Crippen LogP contribution in [0.3, 0.4) is 0 Å². The van der Waals surface area contributed by atoms with Gasteiger partial charge in [0.05, 0.1) is 23.9 Å². The Balaban J connectivity index is 2.54. The minimum absolute atomic E-state index is 0.178. The molecular weight excluding hydrogens is 205 g/mol. The number of aromatic nitrogens is 2. The van der Waals surface area contributed by atoms with Gasteiger partial charge < -0.3 is 5.73 Å². The number of nitrogens with two attached hydrogens (primary N) is 1. The highest BCUT2D eigenvalue weighted by atomic mass is 19.1. The standard InChI is InChI=1S/C12H14FN3/c1-8-3-4-11(10(13)5-8)16-7-15-6-12(16)9(2)14/h3-7,9H,14H2,1-2H3. The average molecular weight is 219 g/mol. The van der Waals surface area contributed by atoms with Crippen LogP contribution in [0.4, 0.5) is 4.39 Å². The van der Waals surface area contributed by atoms with Crippen molar-refractivity contribution in [1.82, 2.24) is 9.55 Å². The van der Waals surface area contributed by atoms with Crippen molar-refractivity contribution in [2.75, 3.05) is 0 Å². The van der Waals surface area contributed by atoms with Crippen molar-refractivity contribution in [3.05, 3.63) is 47.8 Å². The zero-order valence-corrected chi connectivity index (χ0v) is 9.31. The van der Waals surface area contributed by atoms with E-state index in [-0.39, 0.29) is 11.9 Å². The Labute approximate surface area is 93.7 Å². The number of imidazole rings is 1. The molecule has 2 N–H and O–H groups in total. The molecule has 0 saturated carbocycles. The van der Waals surface area contributed by atoms with Crippen LogP contribution in [0.2, 0.25) is 0 Å². The molecule has 1 heterocycles. The number of rotatable bonds is 2. The summed E-state index contributed by atoms with van der Waals surface area (Å²) in [5, 5.41) is 0. The molecule has 0 saturated heterocycles. The Morgan fingerprint density at radius 1 is 1.44 bits per heavy atom. The highest BCUT2D eigenvalue weighted by Crippen LogP contribution is 2.19. The van der Waals surface area contributed by atoms with Crippen molar-refractivity contribution in [2.24, 2.45) is 5.73 Å². The van der Waals surface area contributed by atoms with Crippen LogP contribution in [-0.4, -0.2) is 9.55 Å². The molecule has 0 amide bonds. The summed E-state index contributed by atoms with van der Waals surface area (Å²) in [5.41, 5.74) is 7.96. The minimum Gasteiger partial charge on any atom is -0.323 e. The average Bonchev–Trinajstić information content (AvgIpc) is 2.66. The number of hydrogen-bond donors (Lipinski definition) is 1. The van der Waals surface area contributed by atoms with Gasteiger partial charge in [0.25, 0.3) is 0 Å². The molecule has 2 aromatic rings. The van der Waals surface area contributed by atoms with Crippen LogP contribution in [0.1, 0.15) is 24.2 Å². The van der Waals surface area contributed by atoms with E-state index < -0.39 is 0 Å². The quantitative estimate of drug-likeness (QED) is 0.842. The van der Waals surface area contributed by atoms with E-state index in [1.165, 1.54) is 6.07 Å². The lowest BCUT2D eigenvalue weighted by Gasteiger charge is -2.11. The molecule has 1 aromatic heterocycles. The molecule has 1 atom stereocenters. The van der Waals surface area contributed by atoms with Crippen molar-refractivity contribution in [3.8, 4) is 5.69 Å². The molecule has 0 bridgehead atoms. The number of benzene rings is 1. The zero-order chi connectivity index (χ0) is 11.7. The molecule has 0 aliphatic carbocycles. The van der Waals surface area contributed by atoms with E-state index >= 15 is 0 Å². The fourth-order valence-corrected chi connectivity index (χ4v) is 1.65. The van der Waals surface area contributed by atoms with E-state index in [2.05, 4.69) is 4.98 Å². The van der Waals surface area contributed by atoms with Gasteiger partial charge in [-0.15, -0.1) is 0 Å². The lowest BCUT2D eigenvalue weighted by atomic mass is 10.2. The Kier molecular flexibility index (Phi) is 2.75. The van der Waals surface area contributed by atoms with E-state index in [1.54, 1.807) is 23.2 Å². The third kappa shape index (κ3) is 1.84. The van der Waals surface area contributed by atoms with Gasteiger partial charge in [-0.3, -0.25) is 4.57 Å². The second-order valence-corrected chi connectivity index (χ2v) is 3.93. The third-order valence-electron chi connectivity index (χ3n) is 2.50. The molecule has 0 aliphatic heterocycles. The predicted molar refractivity (Wildman–Crippen MR) is 60.9 cm³/mol. The summed E-state index contributed by atoms with van der Waals surface area (Å²) in [5.74, 6) is -0.264. The van der Waals surface area contributed by atoms with Gasteiger partial charge in [-0.25, -0.2) is 9.37 Å². The van der Waals surface area contributed by atoms with Crippen LogP contribution in [0, 0.1) is 12.7 Å². The molecular formula is C12H14FN3. The summed E-state index contributed by atoms with van der Waals surface area (Å²) in [6, 6.07) is 4.92. The van der Waals surface area contributed by atoms with Crippen molar-refractivity contribution in [3.63, 3.8) is 0 Å². The summed E-state index contributed by atoms with van der Waals surface area (Å²) in [4.78, 5) is 4.00. The molecule has 0 aliphatic rings. The highest BCUT2D eigenvalue weighted by molar-refractivity contribution is 5.38. The summed E-state index contributed by atoms with van der Waals surface area (Å²) >= 11 is 0. The van der Waals surface area contributed by atoms with Gasteiger partial charge in [0.15, 0.2) is 0 Å². The van der Waals surface area contributed by atoms with Gasteiger partial charge in [-0.2, -0.15) is 0 Å². The van der Waals surface area contributed by atoms with Crippen LogP contribution >= 0.6 is 0 Å². The summed E-state index contributed by atoms with van der Waals surface area (Å²) < 4.78 is 15.4. The molecule has 1 aromatic carbocycles. The maximum Gasteiger partial charge on any atom is 0.147 e. The van der Waals surface area contributed by atoms with Gasteiger partial charge >= 0.3 is 0 Å². The van der Waals surface area contributed by atoms with Gasteiger partial charge in [0.1, 0.15) is 5.82 Å². The number of aryl methyl sites for hydroxylation is 1. The summed E-state index contributed by atoms with van der Waals surface area (Å²) in [6.07, 6.45) is 3.23. The number of halogens is 1. The Morgan fingerprint density at radius 3 is 2.81 bits per heavy atom. The molecule has 0 spiro atoms. The van der Waals surface area contributed by atoms with E-state index in [1.807, 2.05) is 19.9 Å². The van der Waals surface area contributed by atoms with Crippen molar-refractivity contribution in [2.45, 2.75) is 19.9 Å². The molecule has 0 radical (unpaired) electrons. The Morgan fingerprint density at radius 2 is 2.19 bits per heavy atom. The fourth-order valence-electron chi connectivity index (χ4n) is 1.65. The molecule has 4 heteroatoms. The second-order valence-electron chi connectivity index (χ2n) is 3.93. The normalized spacial score (nSPS) is 12.8. The Bertz CT molecular complexity index is 503. The van der Waals surface area contributed by atoms with E-state index in [4.69, 9.17) is 5.73 Å². The largest absolute Gasteiger partial charge is 0.323 e. The molecule has 84 valence electrons. The number of nitrogens with zero attached hydrogens (tertiary/aromatic N) is 2. The second kappa shape index (κ2) is 4.06. The first kappa shape index (κ1) is 10.8. The summed E-state index contributed by atoms with van der Waals surface area (Å²) in [7, 11) is 0. The molecule has 0 fully saturated rings. The smallest absolute Gasteiger partial charge is 0.147 e. The van der Waals surface area contributed by atoms with E-state index in [0.717, 1.165) is 11.3 Å². The zero-order valence-electron chi connectivity index (χ0n) is 9.31. The van der Waals surface area contributed by atoms with Crippen LogP contribution in [0.15, 0.2) is 30.7 Å². The third-order valence-corrected chi connectivity index (χ3v) is 2.50. The molecule has 16 heavy (non-hydrogen) atoms. The van der Waals surface area contributed by atoms with Gasteiger partial charge in [0, 0.05) is 6.04 Å². The first-order chi connectivity index (χ1) is 7.59. The van der Waals surface area contributed by atoms with Crippen LogP contribution in [0.5, 0.6) is 0 Å².